The number of rotatable bonds is 4. The lowest BCUT2D eigenvalue weighted by Crippen LogP contribution is -2.02. The lowest BCUT2D eigenvalue weighted by Gasteiger charge is -2.09. The largest absolute Gasteiger partial charge is 0.380 e. The van der Waals surface area contributed by atoms with Gasteiger partial charge in [0.15, 0.2) is 0 Å². The van der Waals surface area contributed by atoms with Gasteiger partial charge in [-0.3, -0.25) is 10.1 Å². The van der Waals surface area contributed by atoms with E-state index in [2.05, 4.69) is 21.2 Å². The zero-order chi connectivity index (χ0) is 15.4. The average Bonchev–Trinajstić information content (AvgIpc) is 2.45. The van der Waals surface area contributed by atoms with Crippen LogP contribution in [0.25, 0.3) is 0 Å². The van der Waals surface area contributed by atoms with Gasteiger partial charge in [0.05, 0.1) is 16.2 Å². The van der Waals surface area contributed by atoms with Gasteiger partial charge in [-0.2, -0.15) is 9.65 Å². The van der Waals surface area contributed by atoms with E-state index in [4.69, 9.17) is 5.26 Å². The summed E-state index contributed by atoms with van der Waals surface area (Å²) < 4.78 is 14.3. The van der Waals surface area contributed by atoms with Crippen molar-refractivity contribution in [1.82, 2.24) is 0 Å². The van der Waals surface area contributed by atoms with Crippen LogP contribution in [-0.4, -0.2) is 4.92 Å². The number of anilines is 1. The maximum absolute atomic E-state index is 13.5. The highest BCUT2D eigenvalue weighted by molar-refractivity contribution is 9.10. The van der Waals surface area contributed by atoms with Gasteiger partial charge < -0.3 is 5.32 Å². The van der Waals surface area contributed by atoms with E-state index < -0.39 is 16.4 Å². The van der Waals surface area contributed by atoms with Crippen LogP contribution in [0.4, 0.5) is 15.8 Å². The van der Waals surface area contributed by atoms with Crippen molar-refractivity contribution in [1.29, 1.82) is 5.26 Å². The summed E-state index contributed by atoms with van der Waals surface area (Å²) in [5, 5.41) is 22.6. The highest BCUT2D eigenvalue weighted by Gasteiger charge is 2.13. The van der Waals surface area contributed by atoms with E-state index in [0.29, 0.717) is 16.8 Å². The topological polar surface area (TPSA) is 79.0 Å². The molecule has 0 aliphatic heterocycles. The number of hydrogen-bond acceptors (Lipinski definition) is 4. The minimum absolute atomic E-state index is 0.250. The summed E-state index contributed by atoms with van der Waals surface area (Å²) in [5.74, 6) is -0.881. The van der Waals surface area contributed by atoms with Crippen molar-refractivity contribution in [2.75, 3.05) is 5.32 Å². The summed E-state index contributed by atoms with van der Waals surface area (Å²) in [7, 11) is 0. The molecule has 21 heavy (non-hydrogen) atoms. The number of hydrogen-bond donors (Lipinski definition) is 1. The van der Waals surface area contributed by atoms with Crippen LogP contribution in [0.1, 0.15) is 11.1 Å². The number of nitriles is 1. The Morgan fingerprint density at radius 1 is 1.33 bits per heavy atom. The molecule has 0 aliphatic carbocycles. The number of nitro groups is 1. The number of nitrogens with one attached hydrogen (secondary N) is 1. The molecule has 2 aromatic carbocycles. The molecule has 0 heterocycles. The molecule has 106 valence electrons. The third kappa shape index (κ3) is 3.55. The van der Waals surface area contributed by atoms with Gasteiger partial charge in [-0.25, -0.2) is 0 Å². The Morgan fingerprint density at radius 3 is 2.71 bits per heavy atom. The van der Waals surface area contributed by atoms with E-state index >= 15 is 0 Å². The molecule has 0 amide bonds. The first-order valence-corrected chi connectivity index (χ1v) is 6.67. The van der Waals surface area contributed by atoms with Crippen molar-refractivity contribution in [3.05, 3.63) is 67.9 Å². The van der Waals surface area contributed by atoms with Crippen LogP contribution in [-0.2, 0) is 6.54 Å². The van der Waals surface area contributed by atoms with E-state index in [9.17, 15) is 14.5 Å². The molecular formula is C14H9BrFN3O2. The molecular weight excluding hydrogens is 341 g/mol. The summed E-state index contributed by atoms with van der Waals surface area (Å²) in [6, 6.07) is 10.9. The number of nitrogens with zero attached hydrogens (tertiary/aromatic N) is 2. The lowest BCUT2D eigenvalue weighted by molar-refractivity contribution is -0.387. The van der Waals surface area contributed by atoms with Gasteiger partial charge in [0, 0.05) is 17.1 Å². The Bertz CT molecular complexity index is 743. The molecule has 0 aromatic heterocycles. The zero-order valence-corrected chi connectivity index (χ0v) is 12.2. The van der Waals surface area contributed by atoms with E-state index in [1.807, 2.05) is 6.07 Å². The molecule has 0 atom stereocenters. The van der Waals surface area contributed by atoms with Gasteiger partial charge >= 0.3 is 5.69 Å². The maximum Gasteiger partial charge on any atom is 0.304 e. The standard InChI is InChI=1S/C14H9BrFN3O2/c15-11-3-2-10(7-17)13(6-11)18-8-9-1-4-14(19(20)21)12(16)5-9/h1-6,18H,8H2. The fourth-order valence-electron chi connectivity index (χ4n) is 1.77. The molecule has 0 saturated carbocycles. The second-order valence-corrected chi connectivity index (χ2v) is 5.11. The van der Waals surface area contributed by atoms with Crippen LogP contribution in [0.5, 0.6) is 0 Å². The van der Waals surface area contributed by atoms with Gasteiger partial charge in [-0.1, -0.05) is 22.0 Å². The molecule has 0 saturated heterocycles. The Balaban J connectivity index is 2.17. The summed E-state index contributed by atoms with van der Waals surface area (Å²) in [6.45, 7) is 0.250. The first-order chi connectivity index (χ1) is 10.0. The van der Waals surface area contributed by atoms with Crippen molar-refractivity contribution in [3.8, 4) is 6.07 Å². The second kappa shape index (κ2) is 6.33. The van der Waals surface area contributed by atoms with Crippen molar-refractivity contribution < 1.29 is 9.31 Å². The Hall–Kier alpha value is -2.46. The van der Waals surface area contributed by atoms with Gasteiger partial charge in [-0.15, -0.1) is 0 Å². The Kier molecular flexibility index (Phi) is 4.50. The predicted octanol–water partition coefficient (Wildman–Crippen LogP) is 3.98. The summed E-state index contributed by atoms with van der Waals surface area (Å²) in [4.78, 5) is 9.77. The monoisotopic (exact) mass is 349 g/mol. The van der Waals surface area contributed by atoms with Crippen molar-refractivity contribution in [3.63, 3.8) is 0 Å². The number of benzene rings is 2. The number of nitro benzene ring substituents is 1. The Morgan fingerprint density at radius 2 is 2.10 bits per heavy atom. The normalized spacial score (nSPS) is 9.95. The fraction of sp³-hybridized carbons (Fsp3) is 0.0714. The highest BCUT2D eigenvalue weighted by atomic mass is 79.9. The van der Waals surface area contributed by atoms with Crippen LogP contribution in [0.3, 0.4) is 0 Å². The van der Waals surface area contributed by atoms with Crippen LogP contribution in [0.15, 0.2) is 40.9 Å². The minimum Gasteiger partial charge on any atom is -0.380 e. The predicted molar refractivity (Wildman–Crippen MR) is 79.2 cm³/mol. The summed E-state index contributed by atoms with van der Waals surface area (Å²) >= 11 is 3.30. The third-order valence-corrected chi connectivity index (χ3v) is 3.29. The second-order valence-electron chi connectivity index (χ2n) is 4.20. The van der Waals surface area contributed by atoms with Crippen molar-refractivity contribution >= 4 is 27.3 Å². The molecule has 0 bridgehead atoms. The summed E-state index contributed by atoms with van der Waals surface area (Å²) in [5.41, 5.74) is 1.05. The quantitative estimate of drug-likeness (QED) is 0.668. The van der Waals surface area contributed by atoms with Gasteiger partial charge in [0.1, 0.15) is 6.07 Å². The van der Waals surface area contributed by atoms with Gasteiger partial charge in [-0.05, 0) is 29.8 Å². The zero-order valence-electron chi connectivity index (χ0n) is 10.6. The Labute approximate surface area is 128 Å². The molecule has 0 radical (unpaired) electrons. The third-order valence-electron chi connectivity index (χ3n) is 2.79. The molecule has 2 aromatic rings. The summed E-state index contributed by atoms with van der Waals surface area (Å²) in [6.07, 6.45) is 0. The van der Waals surface area contributed by atoms with E-state index in [-0.39, 0.29) is 6.54 Å². The molecule has 0 fully saturated rings. The molecule has 0 spiro atoms. The van der Waals surface area contributed by atoms with Crippen LogP contribution in [0, 0.1) is 27.3 Å². The molecule has 0 aliphatic rings. The molecule has 2 rings (SSSR count). The van der Waals surface area contributed by atoms with E-state index in [1.54, 1.807) is 18.2 Å². The van der Waals surface area contributed by atoms with Crippen molar-refractivity contribution in [2.24, 2.45) is 0 Å². The van der Waals surface area contributed by atoms with Crippen LogP contribution < -0.4 is 5.32 Å². The SMILES string of the molecule is N#Cc1ccc(Br)cc1NCc1ccc([N+](=O)[O-])c(F)c1. The molecule has 7 heteroatoms. The maximum atomic E-state index is 13.5. The van der Waals surface area contributed by atoms with Crippen molar-refractivity contribution in [2.45, 2.75) is 6.54 Å². The van der Waals surface area contributed by atoms with Gasteiger partial charge in [0.2, 0.25) is 5.82 Å². The molecule has 0 unspecified atom stereocenters. The molecule has 1 N–H and O–H groups in total. The lowest BCUT2D eigenvalue weighted by atomic mass is 10.1. The molecule has 5 nitrogen and oxygen atoms in total. The number of halogens is 2. The van der Waals surface area contributed by atoms with E-state index in [0.717, 1.165) is 16.6 Å². The highest BCUT2D eigenvalue weighted by Crippen LogP contribution is 2.23. The minimum atomic E-state index is -0.881. The van der Waals surface area contributed by atoms with E-state index in [1.165, 1.54) is 6.07 Å². The van der Waals surface area contributed by atoms with Crippen LogP contribution >= 0.6 is 15.9 Å². The average molecular weight is 350 g/mol. The first kappa shape index (κ1) is 14.9. The first-order valence-electron chi connectivity index (χ1n) is 5.87. The van der Waals surface area contributed by atoms with Gasteiger partial charge in [0.25, 0.3) is 0 Å². The fourth-order valence-corrected chi connectivity index (χ4v) is 2.13. The van der Waals surface area contributed by atoms with Crippen LogP contribution in [0.2, 0.25) is 0 Å². The smallest absolute Gasteiger partial charge is 0.304 e.